The van der Waals surface area contributed by atoms with Crippen molar-refractivity contribution in [2.45, 2.75) is 48.8 Å². The third-order valence-corrected chi connectivity index (χ3v) is 9.83. The van der Waals surface area contributed by atoms with Crippen molar-refractivity contribution in [2.24, 2.45) is 0 Å². The van der Waals surface area contributed by atoms with Crippen LogP contribution in [0, 0.1) is 0 Å². The number of nitrogens with zero attached hydrogens (tertiary/aromatic N) is 6. The first kappa shape index (κ1) is 25.0. The van der Waals surface area contributed by atoms with Gasteiger partial charge in [0, 0.05) is 37.9 Å². The number of pyridine rings is 1. The van der Waals surface area contributed by atoms with Crippen LogP contribution in [0.25, 0.3) is 16.3 Å². The summed E-state index contributed by atoms with van der Waals surface area (Å²) in [6.07, 6.45) is 1.45. The van der Waals surface area contributed by atoms with Crippen LogP contribution in [0.3, 0.4) is 0 Å². The van der Waals surface area contributed by atoms with Crippen LogP contribution in [-0.4, -0.2) is 95.1 Å². The van der Waals surface area contributed by atoms with Gasteiger partial charge in [0.1, 0.15) is 4.90 Å². The van der Waals surface area contributed by atoms with E-state index in [9.17, 15) is 22.3 Å². The molecule has 3 aromatic rings. The van der Waals surface area contributed by atoms with E-state index in [1.165, 1.54) is 6.20 Å². The Kier molecular flexibility index (Phi) is 6.19. The van der Waals surface area contributed by atoms with E-state index in [2.05, 4.69) is 29.7 Å². The zero-order valence-corrected chi connectivity index (χ0v) is 21.7. The third kappa shape index (κ3) is 4.61. The number of aromatic nitrogens is 4. The molecule has 0 amide bonds. The number of nitrogens with one attached hydrogen (secondary N) is 1. The zero-order chi connectivity index (χ0) is 25.9. The van der Waals surface area contributed by atoms with Crippen LogP contribution in [0.2, 0.25) is 0 Å². The van der Waals surface area contributed by atoms with Crippen LogP contribution in [0.1, 0.15) is 31.2 Å². The molecule has 11 nitrogen and oxygen atoms in total. The number of piperazine rings is 1. The Labute approximate surface area is 216 Å². The van der Waals surface area contributed by atoms with Crippen molar-refractivity contribution in [3.8, 4) is 10.8 Å². The van der Waals surface area contributed by atoms with E-state index in [0.717, 1.165) is 37.3 Å². The van der Waals surface area contributed by atoms with Gasteiger partial charge in [0.05, 0.1) is 42.8 Å². The molecule has 1 aliphatic carbocycles. The van der Waals surface area contributed by atoms with Crippen molar-refractivity contribution in [1.29, 1.82) is 0 Å². The number of morpholine rings is 1. The monoisotopic (exact) mass is 555 g/mol. The summed E-state index contributed by atoms with van der Waals surface area (Å²) in [7, 11) is -3.88. The second kappa shape index (κ2) is 9.17. The van der Waals surface area contributed by atoms with Gasteiger partial charge in [-0.05, 0) is 25.8 Å². The minimum Gasteiger partial charge on any atom is -0.394 e. The Morgan fingerprint density at radius 2 is 2.11 bits per heavy atom. The molecule has 3 fully saturated rings. The molecule has 0 spiro atoms. The van der Waals surface area contributed by atoms with Gasteiger partial charge >= 0.3 is 0 Å². The Hall–Kier alpha value is -2.30. The quantitative estimate of drug-likeness (QED) is 0.446. The molecule has 1 saturated carbocycles. The maximum absolute atomic E-state index is 13.4. The molecular formula is C22H27F2N7O4S2. The zero-order valence-electron chi connectivity index (χ0n) is 20.0. The molecule has 200 valence electrons. The molecule has 2 N–H and O–H groups in total. The molecule has 2 saturated heterocycles. The van der Waals surface area contributed by atoms with Gasteiger partial charge in [0.2, 0.25) is 10.0 Å². The lowest BCUT2D eigenvalue weighted by Gasteiger charge is -2.47. The summed E-state index contributed by atoms with van der Waals surface area (Å²) in [5.74, 6) is 0.239. The van der Waals surface area contributed by atoms with Crippen LogP contribution in [-0.2, 0) is 14.8 Å². The lowest BCUT2D eigenvalue weighted by molar-refractivity contribution is -0.0934. The normalized spacial score (nSPS) is 24.1. The Morgan fingerprint density at radius 1 is 1.30 bits per heavy atom. The van der Waals surface area contributed by atoms with Gasteiger partial charge in [0.25, 0.3) is 6.43 Å². The molecule has 0 bridgehead atoms. The van der Waals surface area contributed by atoms with Crippen LogP contribution >= 0.6 is 11.3 Å². The fourth-order valence-electron chi connectivity index (χ4n) is 5.00. The second-order valence-corrected chi connectivity index (χ2v) is 12.6. The largest absolute Gasteiger partial charge is 0.394 e. The molecule has 2 atom stereocenters. The van der Waals surface area contributed by atoms with Gasteiger partial charge in [-0.25, -0.2) is 26.9 Å². The van der Waals surface area contributed by atoms with Crippen molar-refractivity contribution >= 4 is 32.6 Å². The first-order valence-corrected chi connectivity index (χ1v) is 14.4. The highest BCUT2D eigenvalue weighted by molar-refractivity contribution is 7.89. The van der Waals surface area contributed by atoms with Crippen molar-refractivity contribution in [2.75, 3.05) is 44.3 Å². The highest BCUT2D eigenvalue weighted by atomic mass is 32.2. The maximum atomic E-state index is 13.4. The second-order valence-electron chi connectivity index (χ2n) is 9.95. The van der Waals surface area contributed by atoms with E-state index in [-0.39, 0.29) is 34.5 Å². The van der Waals surface area contributed by atoms with Crippen molar-refractivity contribution in [3.63, 3.8) is 0 Å². The number of fused-ring (bicyclic) bond motifs is 2. The van der Waals surface area contributed by atoms with Gasteiger partial charge in [-0.2, -0.15) is 0 Å². The summed E-state index contributed by atoms with van der Waals surface area (Å²) in [5, 5.41) is 17.0. The predicted molar refractivity (Wildman–Crippen MR) is 131 cm³/mol. The van der Waals surface area contributed by atoms with E-state index >= 15 is 0 Å². The molecule has 2 aliphatic heterocycles. The number of halogens is 2. The van der Waals surface area contributed by atoms with Crippen molar-refractivity contribution < 1.29 is 27.0 Å². The molecule has 3 aromatic heterocycles. The lowest BCUT2D eigenvalue weighted by atomic mass is 10.0. The molecule has 15 heteroatoms. The third-order valence-electron chi connectivity index (χ3n) is 7.30. The number of alkyl halides is 2. The lowest BCUT2D eigenvalue weighted by Crippen LogP contribution is -2.62. The fourth-order valence-corrected chi connectivity index (χ4v) is 7.18. The Morgan fingerprint density at radius 3 is 2.81 bits per heavy atom. The van der Waals surface area contributed by atoms with Gasteiger partial charge in [-0.15, -0.1) is 10.2 Å². The number of imidazole rings is 1. The minimum atomic E-state index is -3.88. The van der Waals surface area contributed by atoms with E-state index in [1.54, 1.807) is 16.7 Å². The number of ether oxygens (including phenoxy) is 1. The van der Waals surface area contributed by atoms with Gasteiger partial charge in [-0.3, -0.25) is 9.30 Å². The number of hydrogen-bond acceptors (Lipinski definition) is 10. The number of aliphatic hydroxyl groups is 1. The predicted octanol–water partition coefficient (Wildman–Crippen LogP) is 1.50. The summed E-state index contributed by atoms with van der Waals surface area (Å²) in [4.78, 5) is 8.82. The summed E-state index contributed by atoms with van der Waals surface area (Å²) in [6, 6.07) is 1.57. The molecule has 6 rings (SSSR count). The van der Waals surface area contributed by atoms with Crippen molar-refractivity contribution in [3.05, 3.63) is 23.5 Å². The van der Waals surface area contributed by atoms with Gasteiger partial charge in [0.15, 0.2) is 15.8 Å². The highest BCUT2D eigenvalue weighted by Crippen LogP contribution is 2.38. The first-order chi connectivity index (χ1) is 17.7. The van der Waals surface area contributed by atoms with E-state index in [4.69, 9.17) is 4.74 Å². The highest BCUT2D eigenvalue weighted by Gasteiger charge is 2.42. The van der Waals surface area contributed by atoms with Crippen LogP contribution in [0.15, 0.2) is 23.4 Å². The molecule has 3 aliphatic rings. The summed E-state index contributed by atoms with van der Waals surface area (Å²) in [5.41, 5.74) is 0.783. The molecule has 0 aromatic carbocycles. The average molecular weight is 556 g/mol. The summed E-state index contributed by atoms with van der Waals surface area (Å²) < 4.78 is 63.3. The average Bonchev–Trinajstić information content (AvgIpc) is 3.25. The van der Waals surface area contributed by atoms with Gasteiger partial charge in [-0.1, -0.05) is 11.3 Å². The number of sulfonamides is 1. The maximum Gasteiger partial charge on any atom is 0.291 e. The minimum absolute atomic E-state index is 0.0435. The smallest absolute Gasteiger partial charge is 0.291 e. The van der Waals surface area contributed by atoms with Crippen LogP contribution in [0.5, 0.6) is 0 Å². The van der Waals surface area contributed by atoms with Crippen LogP contribution < -0.4 is 9.62 Å². The number of rotatable bonds is 7. The SMILES string of the molecule is CC1(NS(=O)(=O)c2cc(N3CCN4CCO[C@@H](CO)[C@@H]4C3)c3cnc(-c4nnc(C(F)F)s4)n3c2)CC1. The van der Waals surface area contributed by atoms with E-state index < -0.39 is 27.0 Å². The molecule has 37 heavy (non-hydrogen) atoms. The van der Waals surface area contributed by atoms with E-state index in [1.807, 2.05) is 6.92 Å². The first-order valence-electron chi connectivity index (χ1n) is 12.1. The number of hydrogen-bond donors (Lipinski definition) is 2. The molecule has 0 unspecified atom stereocenters. The Balaban J connectivity index is 1.45. The number of aliphatic hydroxyl groups excluding tert-OH is 1. The van der Waals surface area contributed by atoms with Crippen molar-refractivity contribution in [1.82, 2.24) is 29.2 Å². The van der Waals surface area contributed by atoms with Gasteiger partial charge < -0.3 is 14.7 Å². The standard InChI is InChI=1S/C22H27F2N7O4S2/c1-22(2-3-22)28-37(33,34)13-8-14(30-5-4-29-6-7-35-17(12-32)16(29)11-30)15-9-25-19(31(15)10-13)21-27-26-20(36-21)18(23)24/h8-10,16-18,28,32H,2-7,11-12H2,1H3/t16-,17-/m0/s1. The fraction of sp³-hybridized carbons (Fsp3) is 0.591. The molecular weight excluding hydrogens is 528 g/mol. The topological polar surface area (TPSA) is 125 Å². The summed E-state index contributed by atoms with van der Waals surface area (Å²) in [6.45, 7) is 4.94. The van der Waals surface area contributed by atoms with E-state index in [0.29, 0.717) is 30.9 Å². The number of anilines is 1. The Bertz CT molecular complexity index is 1420. The van der Waals surface area contributed by atoms with Crippen LogP contribution in [0.4, 0.5) is 14.5 Å². The summed E-state index contributed by atoms with van der Waals surface area (Å²) >= 11 is 0.721. The molecule has 5 heterocycles. The molecule has 0 radical (unpaired) electrons.